The van der Waals surface area contributed by atoms with Crippen molar-refractivity contribution in [3.63, 3.8) is 0 Å². The van der Waals surface area contributed by atoms with Crippen molar-refractivity contribution in [3.05, 3.63) is 76.3 Å². The molecule has 8 heteroatoms. The quantitative estimate of drug-likeness (QED) is 0.469. The van der Waals surface area contributed by atoms with Gasteiger partial charge in [-0.15, -0.1) is 0 Å². The van der Waals surface area contributed by atoms with Gasteiger partial charge < -0.3 is 0 Å². The van der Waals surface area contributed by atoms with Crippen molar-refractivity contribution in [2.45, 2.75) is 12.8 Å². The number of rotatable bonds is 6. The Balaban J connectivity index is 1.52. The maximum absolute atomic E-state index is 12.4. The summed E-state index contributed by atoms with van der Waals surface area (Å²) >= 11 is 6.11. The highest BCUT2D eigenvalue weighted by molar-refractivity contribution is 7.92. The SMILES string of the molecule is CS(=O)(=O)N(CC(=O)N/N=C\c1ccc2c3c(cccc13)CC2)c1ccccc1Cl. The van der Waals surface area contributed by atoms with Crippen LogP contribution in [0.1, 0.15) is 16.7 Å². The highest BCUT2D eigenvalue weighted by Gasteiger charge is 2.22. The van der Waals surface area contributed by atoms with Crippen molar-refractivity contribution < 1.29 is 13.2 Å². The molecule has 1 amide bonds. The molecule has 0 unspecified atom stereocenters. The molecule has 0 fully saturated rings. The molecule has 30 heavy (non-hydrogen) atoms. The molecule has 6 nitrogen and oxygen atoms in total. The van der Waals surface area contributed by atoms with Gasteiger partial charge in [-0.1, -0.05) is 54.1 Å². The third-order valence-corrected chi connectivity index (χ3v) is 6.56. The van der Waals surface area contributed by atoms with E-state index in [0.717, 1.165) is 34.4 Å². The Morgan fingerprint density at radius 2 is 1.83 bits per heavy atom. The lowest BCUT2D eigenvalue weighted by Crippen LogP contribution is -2.39. The maximum atomic E-state index is 12.4. The molecule has 4 rings (SSSR count). The number of hydrazone groups is 1. The van der Waals surface area contributed by atoms with E-state index in [-0.39, 0.29) is 10.7 Å². The van der Waals surface area contributed by atoms with Gasteiger partial charge in [0, 0.05) is 5.56 Å². The first kappa shape index (κ1) is 20.4. The fourth-order valence-electron chi connectivity index (χ4n) is 3.76. The molecule has 0 radical (unpaired) electrons. The number of anilines is 1. The number of nitrogens with one attached hydrogen (secondary N) is 1. The van der Waals surface area contributed by atoms with Crippen molar-refractivity contribution in [1.82, 2.24) is 5.43 Å². The standard InChI is InChI=1S/C22H20ClN3O3S/c1-30(28,29)26(20-8-3-2-7-19(20)23)14-21(27)25-24-13-17-12-11-16-10-9-15-5-4-6-18(17)22(15)16/h2-8,11-13H,9-10,14H2,1H3,(H,25,27)/b24-13-. The van der Waals surface area contributed by atoms with Crippen LogP contribution in [0.4, 0.5) is 5.69 Å². The summed E-state index contributed by atoms with van der Waals surface area (Å²) in [6.45, 7) is -0.427. The number of aryl methyl sites for hydroxylation is 2. The fraction of sp³-hybridized carbons (Fsp3) is 0.182. The van der Waals surface area contributed by atoms with Crippen LogP contribution in [0.15, 0.2) is 59.7 Å². The van der Waals surface area contributed by atoms with Crippen LogP contribution in [0.25, 0.3) is 10.8 Å². The van der Waals surface area contributed by atoms with E-state index in [0.29, 0.717) is 0 Å². The summed E-state index contributed by atoms with van der Waals surface area (Å²) in [6.07, 6.45) is 4.68. The van der Waals surface area contributed by atoms with E-state index < -0.39 is 22.5 Å². The first-order valence-corrected chi connectivity index (χ1v) is 11.6. The van der Waals surface area contributed by atoms with Gasteiger partial charge in [-0.3, -0.25) is 9.10 Å². The Kier molecular flexibility index (Phi) is 5.49. The number of para-hydroxylation sites is 1. The van der Waals surface area contributed by atoms with Crippen LogP contribution in [0.2, 0.25) is 5.02 Å². The molecular weight excluding hydrogens is 422 g/mol. The number of hydrogen-bond acceptors (Lipinski definition) is 4. The molecule has 1 N–H and O–H groups in total. The van der Waals surface area contributed by atoms with E-state index in [4.69, 9.17) is 11.6 Å². The van der Waals surface area contributed by atoms with Gasteiger partial charge in [0.25, 0.3) is 5.91 Å². The number of sulfonamides is 1. The van der Waals surface area contributed by atoms with E-state index in [1.807, 2.05) is 18.2 Å². The minimum absolute atomic E-state index is 0.243. The van der Waals surface area contributed by atoms with Gasteiger partial charge in [0.15, 0.2) is 0 Å². The predicted molar refractivity (Wildman–Crippen MR) is 121 cm³/mol. The maximum Gasteiger partial charge on any atom is 0.260 e. The van der Waals surface area contributed by atoms with Crippen LogP contribution in [0.3, 0.4) is 0 Å². The zero-order valence-electron chi connectivity index (χ0n) is 16.3. The van der Waals surface area contributed by atoms with Crippen LogP contribution < -0.4 is 9.73 Å². The van der Waals surface area contributed by atoms with E-state index >= 15 is 0 Å². The highest BCUT2D eigenvalue weighted by atomic mass is 35.5. The summed E-state index contributed by atoms with van der Waals surface area (Å²) < 4.78 is 25.3. The molecule has 3 aromatic carbocycles. The normalized spacial score (nSPS) is 13.1. The van der Waals surface area contributed by atoms with E-state index in [1.54, 1.807) is 30.5 Å². The van der Waals surface area contributed by atoms with Crippen LogP contribution in [-0.4, -0.2) is 33.3 Å². The third kappa shape index (κ3) is 4.04. The van der Waals surface area contributed by atoms with Gasteiger partial charge in [0.2, 0.25) is 10.0 Å². The molecule has 0 saturated carbocycles. The molecule has 0 saturated heterocycles. The molecule has 0 aromatic heterocycles. The number of carbonyl (C=O) groups excluding carboxylic acids is 1. The number of hydrogen-bond donors (Lipinski definition) is 1. The van der Waals surface area contributed by atoms with E-state index in [9.17, 15) is 13.2 Å². The average Bonchev–Trinajstić information content (AvgIpc) is 3.13. The van der Waals surface area contributed by atoms with Crippen LogP contribution in [-0.2, 0) is 27.7 Å². The predicted octanol–water partition coefficient (Wildman–Crippen LogP) is 3.51. The van der Waals surface area contributed by atoms with Crippen LogP contribution in [0.5, 0.6) is 0 Å². The molecular formula is C22H20ClN3O3S. The van der Waals surface area contributed by atoms with Crippen molar-refractivity contribution >= 4 is 50.2 Å². The Bertz CT molecular complexity index is 1260. The van der Waals surface area contributed by atoms with Gasteiger partial charge >= 0.3 is 0 Å². The summed E-state index contributed by atoms with van der Waals surface area (Å²) in [4.78, 5) is 12.4. The molecule has 0 spiro atoms. The highest BCUT2D eigenvalue weighted by Crippen LogP contribution is 2.32. The minimum atomic E-state index is -3.71. The summed E-state index contributed by atoms with van der Waals surface area (Å²) in [5.74, 6) is -0.567. The van der Waals surface area contributed by atoms with Crippen molar-refractivity contribution in [1.29, 1.82) is 0 Å². The number of halogens is 1. The van der Waals surface area contributed by atoms with Crippen molar-refractivity contribution in [2.24, 2.45) is 5.10 Å². The molecule has 0 bridgehead atoms. The van der Waals surface area contributed by atoms with Gasteiger partial charge in [0.05, 0.1) is 23.2 Å². The largest absolute Gasteiger partial charge is 0.271 e. The van der Waals surface area contributed by atoms with Gasteiger partial charge in [-0.2, -0.15) is 5.10 Å². The molecule has 154 valence electrons. The first-order chi connectivity index (χ1) is 14.3. The number of carbonyl (C=O) groups is 1. The van der Waals surface area contributed by atoms with Gasteiger partial charge in [-0.05, 0) is 46.9 Å². The van der Waals surface area contributed by atoms with Crippen LogP contribution in [0, 0.1) is 0 Å². The minimum Gasteiger partial charge on any atom is -0.271 e. The molecule has 1 aliphatic carbocycles. The van der Waals surface area contributed by atoms with E-state index in [2.05, 4.69) is 22.7 Å². The Labute approximate surface area is 180 Å². The summed E-state index contributed by atoms with van der Waals surface area (Å²) in [6, 6.07) is 16.7. The van der Waals surface area contributed by atoms with Crippen molar-refractivity contribution in [3.8, 4) is 0 Å². The zero-order valence-corrected chi connectivity index (χ0v) is 17.9. The number of benzene rings is 3. The monoisotopic (exact) mass is 441 g/mol. The molecule has 3 aromatic rings. The van der Waals surface area contributed by atoms with Crippen LogP contribution >= 0.6 is 11.6 Å². The third-order valence-electron chi connectivity index (χ3n) is 5.11. The topological polar surface area (TPSA) is 78.8 Å². The molecule has 1 aliphatic rings. The summed E-state index contributed by atoms with van der Waals surface area (Å²) in [5, 5.41) is 6.64. The summed E-state index contributed by atoms with van der Waals surface area (Å²) in [5.41, 5.74) is 6.20. The summed E-state index contributed by atoms with van der Waals surface area (Å²) in [7, 11) is -3.71. The Morgan fingerprint density at radius 3 is 2.57 bits per heavy atom. The Hall–Kier alpha value is -2.90. The lowest BCUT2D eigenvalue weighted by Gasteiger charge is -2.22. The molecule has 0 atom stereocenters. The Morgan fingerprint density at radius 1 is 1.10 bits per heavy atom. The lowest BCUT2D eigenvalue weighted by molar-refractivity contribution is -0.119. The van der Waals surface area contributed by atoms with Gasteiger partial charge in [-0.25, -0.2) is 13.8 Å². The van der Waals surface area contributed by atoms with Gasteiger partial charge in [0.1, 0.15) is 6.54 Å². The first-order valence-electron chi connectivity index (χ1n) is 9.42. The lowest BCUT2D eigenvalue weighted by atomic mass is 10.0. The number of nitrogens with zero attached hydrogens (tertiary/aromatic N) is 2. The molecule has 0 heterocycles. The second kappa shape index (κ2) is 8.08. The molecule has 0 aliphatic heterocycles. The van der Waals surface area contributed by atoms with Crippen molar-refractivity contribution in [2.75, 3.05) is 17.1 Å². The second-order valence-electron chi connectivity index (χ2n) is 7.17. The number of amides is 1. The second-order valence-corrected chi connectivity index (χ2v) is 9.48. The average molecular weight is 442 g/mol. The smallest absolute Gasteiger partial charge is 0.260 e. The zero-order chi connectivity index (χ0) is 21.3. The fourth-order valence-corrected chi connectivity index (χ4v) is 4.91. The van der Waals surface area contributed by atoms with E-state index in [1.165, 1.54) is 16.5 Å².